The maximum absolute atomic E-state index is 12.2. The average molecular weight is 221 g/mol. The molecule has 0 aliphatic rings. The minimum atomic E-state index is -3.64. The van der Waals surface area contributed by atoms with E-state index in [1.807, 2.05) is 13.8 Å². The summed E-state index contributed by atoms with van der Waals surface area (Å²) in [5.74, 6) is 0.426. The lowest BCUT2D eigenvalue weighted by atomic mass is 10.0. The van der Waals surface area contributed by atoms with Gasteiger partial charge >= 0.3 is 5.57 Å². The minimum absolute atomic E-state index is 0.0643. The Morgan fingerprint density at radius 2 is 1.71 bits per heavy atom. The lowest BCUT2D eigenvalue weighted by Gasteiger charge is -2.11. The summed E-state index contributed by atoms with van der Waals surface area (Å²) in [6, 6.07) is 6.43. The fraction of sp³-hybridized carbons (Fsp3) is 0.400. The van der Waals surface area contributed by atoms with Crippen LogP contribution in [0.5, 0.6) is 5.75 Å². The van der Waals surface area contributed by atoms with Crippen molar-refractivity contribution < 1.29 is 13.5 Å². The van der Waals surface area contributed by atoms with Crippen LogP contribution in [-0.2, 0) is 0 Å². The standard InChI is InChI=1S/C10H11ClF2O/c1-7(2)8-3-5-9(6-4-8)14-10(11,12)13/h3-7H,1-2H3. The molecule has 0 N–H and O–H groups in total. The summed E-state index contributed by atoms with van der Waals surface area (Å²) in [4.78, 5) is 0. The van der Waals surface area contributed by atoms with Gasteiger partial charge in [0.05, 0.1) is 0 Å². The molecule has 0 aliphatic carbocycles. The molecule has 0 aliphatic heterocycles. The second kappa shape index (κ2) is 4.13. The predicted molar refractivity (Wildman–Crippen MR) is 52.0 cm³/mol. The van der Waals surface area contributed by atoms with E-state index in [1.54, 1.807) is 12.1 Å². The van der Waals surface area contributed by atoms with Crippen molar-refractivity contribution in [1.82, 2.24) is 0 Å². The number of hydrogen-bond acceptors (Lipinski definition) is 1. The van der Waals surface area contributed by atoms with E-state index < -0.39 is 5.57 Å². The largest absolute Gasteiger partial charge is 0.487 e. The van der Waals surface area contributed by atoms with Crippen molar-refractivity contribution in [3.8, 4) is 5.75 Å². The molecule has 4 heteroatoms. The average Bonchev–Trinajstić information content (AvgIpc) is 2.02. The van der Waals surface area contributed by atoms with E-state index in [0.29, 0.717) is 5.92 Å². The summed E-state index contributed by atoms with van der Waals surface area (Å²) < 4.78 is 28.6. The maximum atomic E-state index is 12.2. The smallest absolute Gasteiger partial charge is 0.420 e. The molecule has 1 nitrogen and oxygen atoms in total. The first-order valence-corrected chi connectivity index (χ1v) is 4.62. The lowest BCUT2D eigenvalue weighted by molar-refractivity contribution is -0.0964. The number of alkyl halides is 3. The molecule has 0 amide bonds. The van der Waals surface area contributed by atoms with E-state index >= 15 is 0 Å². The molecule has 0 unspecified atom stereocenters. The van der Waals surface area contributed by atoms with Crippen LogP contribution in [0.2, 0.25) is 0 Å². The van der Waals surface area contributed by atoms with Crippen LogP contribution in [0.25, 0.3) is 0 Å². The molecule has 0 fully saturated rings. The fourth-order valence-electron chi connectivity index (χ4n) is 1.05. The van der Waals surface area contributed by atoms with E-state index in [4.69, 9.17) is 0 Å². The van der Waals surface area contributed by atoms with Crippen LogP contribution in [0.4, 0.5) is 8.78 Å². The number of ether oxygens (including phenoxy) is 1. The van der Waals surface area contributed by atoms with Gasteiger partial charge in [-0.2, -0.15) is 0 Å². The summed E-state index contributed by atoms with van der Waals surface area (Å²) in [6.07, 6.45) is 0. The van der Waals surface area contributed by atoms with Crippen molar-refractivity contribution in [3.63, 3.8) is 0 Å². The second-order valence-electron chi connectivity index (χ2n) is 3.27. The highest BCUT2D eigenvalue weighted by molar-refractivity contribution is 6.20. The molecule has 0 spiro atoms. The topological polar surface area (TPSA) is 9.23 Å². The van der Waals surface area contributed by atoms with Gasteiger partial charge in [0, 0.05) is 11.6 Å². The third-order valence-corrected chi connectivity index (χ3v) is 1.86. The minimum Gasteiger partial charge on any atom is -0.420 e. The van der Waals surface area contributed by atoms with E-state index in [-0.39, 0.29) is 5.75 Å². The van der Waals surface area contributed by atoms with E-state index in [1.165, 1.54) is 12.1 Å². The van der Waals surface area contributed by atoms with Gasteiger partial charge in [-0.3, -0.25) is 0 Å². The zero-order valence-corrected chi connectivity index (χ0v) is 8.68. The Bertz CT molecular complexity index is 290. The van der Waals surface area contributed by atoms with Gasteiger partial charge in [-0.25, -0.2) is 0 Å². The molecule has 1 aromatic rings. The van der Waals surface area contributed by atoms with Crippen LogP contribution in [0.15, 0.2) is 24.3 Å². The highest BCUT2D eigenvalue weighted by Gasteiger charge is 2.27. The van der Waals surface area contributed by atoms with E-state index in [2.05, 4.69) is 16.3 Å². The first-order chi connectivity index (χ1) is 6.38. The molecular formula is C10H11ClF2O. The summed E-state index contributed by atoms with van der Waals surface area (Å²) in [6.45, 7) is 4.04. The molecule has 0 saturated carbocycles. The van der Waals surface area contributed by atoms with Gasteiger partial charge in [-0.05, 0) is 23.6 Å². The summed E-state index contributed by atoms with van der Waals surface area (Å²) in [5, 5.41) is 0. The highest BCUT2D eigenvalue weighted by atomic mass is 35.5. The molecule has 14 heavy (non-hydrogen) atoms. The number of halogens is 3. The van der Waals surface area contributed by atoms with E-state index in [0.717, 1.165) is 5.56 Å². The Balaban J connectivity index is 2.74. The van der Waals surface area contributed by atoms with Crippen molar-refractivity contribution in [1.29, 1.82) is 0 Å². The first kappa shape index (κ1) is 11.2. The van der Waals surface area contributed by atoms with E-state index in [9.17, 15) is 8.78 Å². The highest BCUT2D eigenvalue weighted by Crippen LogP contribution is 2.26. The molecule has 1 rings (SSSR count). The normalized spacial score (nSPS) is 11.9. The zero-order chi connectivity index (χ0) is 10.8. The molecule has 0 atom stereocenters. The molecule has 0 aromatic heterocycles. The number of rotatable bonds is 3. The van der Waals surface area contributed by atoms with Crippen LogP contribution in [0.1, 0.15) is 25.3 Å². The molecule has 0 radical (unpaired) electrons. The predicted octanol–water partition coefficient (Wildman–Crippen LogP) is 3.98. The van der Waals surface area contributed by atoms with Gasteiger partial charge in [-0.1, -0.05) is 26.0 Å². The zero-order valence-electron chi connectivity index (χ0n) is 7.93. The van der Waals surface area contributed by atoms with Crippen molar-refractivity contribution in [2.75, 3.05) is 0 Å². The molecular weight excluding hydrogens is 210 g/mol. The third kappa shape index (κ3) is 3.50. The van der Waals surface area contributed by atoms with Crippen LogP contribution in [0, 0.1) is 0 Å². The number of benzene rings is 1. The molecule has 78 valence electrons. The summed E-state index contributed by atoms with van der Waals surface area (Å²) in [7, 11) is 0. The Kier molecular flexibility index (Phi) is 3.32. The third-order valence-electron chi connectivity index (χ3n) is 1.78. The van der Waals surface area contributed by atoms with Gasteiger partial charge in [-0.15, -0.1) is 8.78 Å². The molecule has 0 saturated heterocycles. The number of hydrogen-bond donors (Lipinski definition) is 0. The van der Waals surface area contributed by atoms with Crippen molar-refractivity contribution in [3.05, 3.63) is 29.8 Å². The molecule has 0 bridgehead atoms. The Morgan fingerprint density at radius 3 is 2.07 bits per heavy atom. The van der Waals surface area contributed by atoms with Crippen LogP contribution in [0.3, 0.4) is 0 Å². The second-order valence-corrected chi connectivity index (χ2v) is 3.71. The van der Waals surface area contributed by atoms with Gasteiger partial charge in [0.2, 0.25) is 0 Å². The monoisotopic (exact) mass is 220 g/mol. The summed E-state index contributed by atoms with van der Waals surface area (Å²) in [5.41, 5.74) is -2.57. The van der Waals surface area contributed by atoms with Crippen LogP contribution < -0.4 is 4.74 Å². The lowest BCUT2D eigenvalue weighted by Crippen LogP contribution is -2.15. The first-order valence-electron chi connectivity index (χ1n) is 4.24. The van der Waals surface area contributed by atoms with Crippen LogP contribution in [-0.4, -0.2) is 5.57 Å². The maximum Gasteiger partial charge on any atom is 0.487 e. The van der Waals surface area contributed by atoms with Gasteiger partial charge in [0.25, 0.3) is 0 Å². The van der Waals surface area contributed by atoms with Crippen molar-refractivity contribution in [2.45, 2.75) is 25.3 Å². The molecule has 0 heterocycles. The van der Waals surface area contributed by atoms with Gasteiger partial charge < -0.3 is 4.74 Å². The van der Waals surface area contributed by atoms with Crippen molar-refractivity contribution in [2.24, 2.45) is 0 Å². The summed E-state index contributed by atoms with van der Waals surface area (Å²) >= 11 is 4.61. The van der Waals surface area contributed by atoms with Crippen LogP contribution >= 0.6 is 11.6 Å². The van der Waals surface area contributed by atoms with Gasteiger partial charge in [0.1, 0.15) is 5.75 Å². The Morgan fingerprint density at radius 1 is 1.21 bits per heavy atom. The fourth-order valence-corrected chi connectivity index (χ4v) is 1.14. The van der Waals surface area contributed by atoms with Crippen molar-refractivity contribution >= 4 is 11.6 Å². The Labute approximate surface area is 86.6 Å². The van der Waals surface area contributed by atoms with Gasteiger partial charge in [0.15, 0.2) is 0 Å². The SMILES string of the molecule is CC(C)c1ccc(OC(F)(F)Cl)cc1. The quantitative estimate of drug-likeness (QED) is 0.701. The Hall–Kier alpha value is -0.830. The molecule has 1 aromatic carbocycles.